The summed E-state index contributed by atoms with van der Waals surface area (Å²) in [5.41, 5.74) is 4.70. The molecule has 0 aromatic heterocycles. The molecule has 0 radical (unpaired) electrons. The molecule has 7 nitrogen and oxygen atoms in total. The maximum atomic E-state index is 12.5. The first-order chi connectivity index (χ1) is 15.5. The zero-order valence-corrected chi connectivity index (χ0v) is 17.8. The van der Waals surface area contributed by atoms with Crippen LogP contribution in [0.25, 0.3) is 11.1 Å². The molecule has 166 valence electrons. The summed E-state index contributed by atoms with van der Waals surface area (Å²) in [4.78, 5) is 35.9. The van der Waals surface area contributed by atoms with Crippen molar-refractivity contribution in [3.05, 3.63) is 71.3 Å². The van der Waals surface area contributed by atoms with Gasteiger partial charge in [0.2, 0.25) is 5.91 Å². The monoisotopic (exact) mass is 434 g/mol. The smallest absolute Gasteiger partial charge is 0.407 e. The molecular formula is C25H26N2O5. The SMILES string of the molecule is C/C(=C\CNC(=O)C(NC(=O)OCC1c2ccccc2-c2ccccc21)C1CC1)C(=O)O. The van der Waals surface area contributed by atoms with E-state index in [1.807, 2.05) is 36.4 Å². The quantitative estimate of drug-likeness (QED) is 0.552. The number of carboxylic acid groups (broad SMARTS) is 1. The lowest BCUT2D eigenvalue weighted by Crippen LogP contribution is -2.48. The lowest BCUT2D eigenvalue weighted by atomic mass is 9.98. The van der Waals surface area contributed by atoms with E-state index < -0.39 is 18.1 Å². The number of benzene rings is 2. The molecule has 1 fully saturated rings. The second-order valence-corrected chi connectivity index (χ2v) is 8.22. The van der Waals surface area contributed by atoms with Crippen LogP contribution in [0.1, 0.15) is 36.8 Å². The molecule has 1 atom stereocenters. The molecule has 0 spiro atoms. The van der Waals surface area contributed by atoms with E-state index in [-0.39, 0.29) is 36.5 Å². The molecule has 2 aliphatic carbocycles. The Morgan fingerprint density at radius 2 is 1.66 bits per heavy atom. The third-order valence-corrected chi connectivity index (χ3v) is 6.01. The van der Waals surface area contributed by atoms with Crippen LogP contribution < -0.4 is 10.6 Å². The highest BCUT2D eigenvalue weighted by atomic mass is 16.5. The Morgan fingerprint density at radius 1 is 1.06 bits per heavy atom. The van der Waals surface area contributed by atoms with Crippen molar-refractivity contribution in [2.45, 2.75) is 31.7 Å². The van der Waals surface area contributed by atoms with Gasteiger partial charge in [0.15, 0.2) is 0 Å². The summed E-state index contributed by atoms with van der Waals surface area (Å²) < 4.78 is 5.55. The van der Waals surface area contributed by atoms with Gasteiger partial charge in [-0.25, -0.2) is 9.59 Å². The first-order valence-corrected chi connectivity index (χ1v) is 10.7. The van der Waals surface area contributed by atoms with Gasteiger partial charge in [-0.2, -0.15) is 0 Å². The number of hydrogen-bond donors (Lipinski definition) is 3. The molecule has 3 N–H and O–H groups in total. The van der Waals surface area contributed by atoms with E-state index in [1.54, 1.807) is 0 Å². The highest BCUT2D eigenvalue weighted by molar-refractivity contribution is 5.87. The minimum Gasteiger partial charge on any atom is -0.478 e. The van der Waals surface area contributed by atoms with Gasteiger partial charge in [0.25, 0.3) is 0 Å². The van der Waals surface area contributed by atoms with Gasteiger partial charge in [-0.3, -0.25) is 4.79 Å². The van der Waals surface area contributed by atoms with Crippen LogP contribution in [-0.4, -0.2) is 42.3 Å². The topological polar surface area (TPSA) is 105 Å². The van der Waals surface area contributed by atoms with E-state index >= 15 is 0 Å². The van der Waals surface area contributed by atoms with Gasteiger partial charge < -0.3 is 20.5 Å². The molecule has 7 heteroatoms. The Labute approximate surface area is 186 Å². The van der Waals surface area contributed by atoms with Crippen LogP contribution in [0.4, 0.5) is 4.79 Å². The number of nitrogens with one attached hydrogen (secondary N) is 2. The predicted molar refractivity (Wildman–Crippen MR) is 119 cm³/mol. The van der Waals surface area contributed by atoms with E-state index in [0.717, 1.165) is 35.1 Å². The first-order valence-electron chi connectivity index (χ1n) is 10.7. The molecule has 32 heavy (non-hydrogen) atoms. The maximum absolute atomic E-state index is 12.5. The summed E-state index contributed by atoms with van der Waals surface area (Å²) in [6.45, 7) is 1.73. The molecule has 4 rings (SSSR count). The Bertz CT molecular complexity index is 1030. The minimum atomic E-state index is -1.03. The third-order valence-electron chi connectivity index (χ3n) is 6.01. The fraction of sp³-hybridized carbons (Fsp3) is 0.320. The second kappa shape index (κ2) is 9.26. The van der Waals surface area contributed by atoms with Gasteiger partial charge in [0.05, 0.1) is 0 Å². The van der Waals surface area contributed by atoms with Crippen molar-refractivity contribution in [1.82, 2.24) is 10.6 Å². The number of carbonyl (C=O) groups excluding carboxylic acids is 2. The van der Waals surface area contributed by atoms with Crippen molar-refractivity contribution in [2.24, 2.45) is 5.92 Å². The molecule has 2 aliphatic rings. The van der Waals surface area contributed by atoms with Crippen LogP contribution >= 0.6 is 0 Å². The molecule has 2 aromatic rings. The number of ether oxygens (including phenoxy) is 1. The van der Waals surface area contributed by atoms with Crippen LogP contribution in [0.2, 0.25) is 0 Å². The molecule has 0 saturated heterocycles. The lowest BCUT2D eigenvalue weighted by molar-refractivity contribution is -0.132. The number of rotatable bonds is 8. The van der Waals surface area contributed by atoms with Gasteiger partial charge in [-0.05, 0) is 47.9 Å². The molecule has 0 heterocycles. The van der Waals surface area contributed by atoms with Gasteiger partial charge in [-0.1, -0.05) is 54.6 Å². The van der Waals surface area contributed by atoms with Crippen molar-refractivity contribution in [3.8, 4) is 11.1 Å². The Balaban J connectivity index is 1.36. The molecule has 0 aliphatic heterocycles. The zero-order chi connectivity index (χ0) is 22.7. The van der Waals surface area contributed by atoms with E-state index in [9.17, 15) is 14.4 Å². The largest absolute Gasteiger partial charge is 0.478 e. The summed E-state index contributed by atoms with van der Waals surface area (Å²) in [6.07, 6.45) is 2.51. The Morgan fingerprint density at radius 3 is 2.22 bits per heavy atom. The van der Waals surface area contributed by atoms with Gasteiger partial charge >= 0.3 is 12.1 Å². The van der Waals surface area contributed by atoms with Crippen molar-refractivity contribution in [2.75, 3.05) is 13.2 Å². The number of alkyl carbamates (subject to hydrolysis) is 1. The molecular weight excluding hydrogens is 408 g/mol. The van der Waals surface area contributed by atoms with E-state index in [0.29, 0.717) is 0 Å². The maximum Gasteiger partial charge on any atom is 0.407 e. The van der Waals surface area contributed by atoms with E-state index in [4.69, 9.17) is 9.84 Å². The average Bonchev–Trinajstić information content (AvgIpc) is 3.58. The third kappa shape index (κ3) is 4.66. The molecule has 2 aromatic carbocycles. The number of hydrogen-bond acceptors (Lipinski definition) is 4. The van der Waals surface area contributed by atoms with Crippen LogP contribution in [0.15, 0.2) is 60.2 Å². The average molecular weight is 434 g/mol. The lowest BCUT2D eigenvalue weighted by Gasteiger charge is -2.19. The van der Waals surface area contributed by atoms with Crippen LogP contribution in [0.5, 0.6) is 0 Å². The van der Waals surface area contributed by atoms with Crippen molar-refractivity contribution in [1.29, 1.82) is 0 Å². The van der Waals surface area contributed by atoms with E-state index in [2.05, 4.69) is 22.8 Å². The number of fused-ring (bicyclic) bond motifs is 3. The van der Waals surface area contributed by atoms with Gasteiger partial charge in [0.1, 0.15) is 12.6 Å². The first kappa shape index (κ1) is 21.6. The summed E-state index contributed by atoms with van der Waals surface area (Å²) in [5.74, 6) is -1.35. The normalized spacial score (nSPS) is 16.0. The number of carboxylic acids is 1. The fourth-order valence-electron chi connectivity index (χ4n) is 4.10. The fourth-order valence-corrected chi connectivity index (χ4v) is 4.10. The van der Waals surface area contributed by atoms with Crippen LogP contribution in [0.3, 0.4) is 0 Å². The van der Waals surface area contributed by atoms with Crippen molar-refractivity contribution >= 4 is 18.0 Å². The van der Waals surface area contributed by atoms with Gasteiger partial charge in [-0.15, -0.1) is 0 Å². The summed E-state index contributed by atoms with van der Waals surface area (Å²) >= 11 is 0. The molecule has 1 saturated carbocycles. The Kier molecular flexibility index (Phi) is 6.25. The number of amides is 2. The van der Waals surface area contributed by atoms with E-state index in [1.165, 1.54) is 13.0 Å². The minimum absolute atomic E-state index is 0.0505. The standard InChI is InChI=1S/C25H26N2O5/c1-15(24(29)30)12-13-26-23(28)22(16-10-11-16)27-25(31)32-14-21-19-8-4-2-6-17(19)18-7-3-5-9-20(18)21/h2-9,12,16,21-22H,10-11,13-14H2,1H3,(H,26,28)(H,27,31)(H,29,30)/b15-12+. The molecule has 0 bridgehead atoms. The summed E-state index contributed by atoms with van der Waals surface area (Å²) in [7, 11) is 0. The Hall–Kier alpha value is -3.61. The zero-order valence-electron chi connectivity index (χ0n) is 17.8. The van der Waals surface area contributed by atoms with Crippen LogP contribution in [-0.2, 0) is 14.3 Å². The summed E-state index contributed by atoms with van der Waals surface area (Å²) in [6, 6.07) is 15.5. The summed E-state index contributed by atoms with van der Waals surface area (Å²) in [5, 5.41) is 14.3. The highest BCUT2D eigenvalue weighted by Crippen LogP contribution is 2.44. The predicted octanol–water partition coefficient (Wildman–Crippen LogP) is 3.45. The van der Waals surface area contributed by atoms with Crippen molar-refractivity contribution < 1.29 is 24.2 Å². The van der Waals surface area contributed by atoms with Gasteiger partial charge in [0, 0.05) is 18.0 Å². The molecule has 1 unspecified atom stereocenters. The number of carbonyl (C=O) groups is 3. The van der Waals surface area contributed by atoms with Crippen molar-refractivity contribution in [3.63, 3.8) is 0 Å². The number of aliphatic carboxylic acids is 1. The second-order valence-electron chi connectivity index (χ2n) is 8.22. The van der Waals surface area contributed by atoms with Crippen LogP contribution in [0, 0.1) is 5.92 Å². The molecule has 2 amide bonds. The highest BCUT2D eigenvalue weighted by Gasteiger charge is 2.38.